The maximum atomic E-state index is 13.1. The topological polar surface area (TPSA) is 74.4 Å². The minimum atomic E-state index is -0.434. The number of anilines is 1. The quantitative estimate of drug-likeness (QED) is 0.653. The molecule has 6 heteroatoms. The summed E-state index contributed by atoms with van der Waals surface area (Å²) in [5.41, 5.74) is 4.01. The van der Waals surface area contributed by atoms with Gasteiger partial charge in [0, 0.05) is 29.3 Å². The molecule has 1 aliphatic rings. The van der Waals surface area contributed by atoms with Crippen molar-refractivity contribution in [2.45, 2.75) is 38.6 Å². The Hall–Kier alpha value is -3.28. The number of hydrogen-bond acceptors (Lipinski definition) is 3. The minimum absolute atomic E-state index is 0.00909. The summed E-state index contributed by atoms with van der Waals surface area (Å²) < 4.78 is 5.15. The normalized spacial score (nSPS) is 16.1. The Balaban J connectivity index is 1.46. The number of para-hydroxylation sites is 1. The fourth-order valence-electron chi connectivity index (χ4n) is 4.22. The predicted molar refractivity (Wildman–Crippen MR) is 118 cm³/mol. The van der Waals surface area contributed by atoms with Crippen molar-refractivity contribution in [3.05, 3.63) is 59.8 Å². The van der Waals surface area contributed by atoms with E-state index in [4.69, 9.17) is 4.74 Å². The largest absolute Gasteiger partial charge is 0.497 e. The highest BCUT2D eigenvalue weighted by molar-refractivity contribution is 5.98. The van der Waals surface area contributed by atoms with E-state index >= 15 is 0 Å². The number of nitrogens with one attached hydrogen (secondary N) is 2. The van der Waals surface area contributed by atoms with Crippen LogP contribution < -0.4 is 10.1 Å². The Labute approximate surface area is 176 Å². The van der Waals surface area contributed by atoms with Crippen LogP contribution in [0, 0.1) is 0 Å². The lowest BCUT2D eigenvalue weighted by Crippen LogP contribution is -2.43. The highest BCUT2D eigenvalue weighted by Gasteiger charge is 2.34. The molecular formula is C24H27N3O3. The van der Waals surface area contributed by atoms with Gasteiger partial charge in [0.2, 0.25) is 11.8 Å². The summed E-state index contributed by atoms with van der Waals surface area (Å²) in [7, 11) is 1.60. The minimum Gasteiger partial charge on any atom is -0.497 e. The van der Waals surface area contributed by atoms with Gasteiger partial charge in [0.05, 0.1) is 13.5 Å². The summed E-state index contributed by atoms with van der Waals surface area (Å²) in [5, 5.41) is 4.01. The monoisotopic (exact) mass is 405 g/mol. The van der Waals surface area contributed by atoms with Gasteiger partial charge in [0.15, 0.2) is 0 Å². The maximum absolute atomic E-state index is 13.1. The number of nitrogens with zero attached hydrogens (tertiary/aromatic N) is 1. The van der Waals surface area contributed by atoms with E-state index in [1.807, 2.05) is 18.3 Å². The Bertz CT molecular complexity index is 1060. The van der Waals surface area contributed by atoms with E-state index in [1.165, 1.54) is 5.56 Å². The number of aromatic nitrogens is 1. The molecule has 1 aromatic heterocycles. The first-order chi connectivity index (χ1) is 14.6. The van der Waals surface area contributed by atoms with Crippen molar-refractivity contribution < 1.29 is 14.3 Å². The van der Waals surface area contributed by atoms with Crippen molar-refractivity contribution in [1.29, 1.82) is 0 Å². The van der Waals surface area contributed by atoms with Crippen LogP contribution in [0.2, 0.25) is 0 Å². The summed E-state index contributed by atoms with van der Waals surface area (Å²) in [6.45, 7) is 2.73. The van der Waals surface area contributed by atoms with Crippen molar-refractivity contribution in [3.8, 4) is 5.75 Å². The number of fused-ring (bicyclic) bond motifs is 1. The number of hydrogen-bond donors (Lipinski definition) is 2. The van der Waals surface area contributed by atoms with Crippen LogP contribution in [0.1, 0.15) is 30.9 Å². The van der Waals surface area contributed by atoms with Crippen molar-refractivity contribution in [2.75, 3.05) is 19.0 Å². The molecule has 30 heavy (non-hydrogen) atoms. The fourth-order valence-corrected chi connectivity index (χ4v) is 4.22. The van der Waals surface area contributed by atoms with Crippen LogP contribution >= 0.6 is 0 Å². The first-order valence-corrected chi connectivity index (χ1v) is 10.4. The zero-order valence-corrected chi connectivity index (χ0v) is 17.4. The number of carbonyl (C=O) groups is 2. The Morgan fingerprint density at radius 3 is 2.70 bits per heavy atom. The van der Waals surface area contributed by atoms with Crippen LogP contribution in [-0.4, -0.2) is 41.4 Å². The molecule has 1 fully saturated rings. The third-order valence-corrected chi connectivity index (χ3v) is 5.84. The van der Waals surface area contributed by atoms with Gasteiger partial charge in [0.1, 0.15) is 11.8 Å². The fraction of sp³-hybridized carbons (Fsp3) is 0.333. The van der Waals surface area contributed by atoms with Gasteiger partial charge in [0.25, 0.3) is 0 Å². The summed E-state index contributed by atoms with van der Waals surface area (Å²) in [5.74, 6) is 0.582. The first kappa shape index (κ1) is 20.0. The van der Waals surface area contributed by atoms with Gasteiger partial charge in [-0.1, -0.05) is 25.1 Å². The van der Waals surface area contributed by atoms with E-state index in [-0.39, 0.29) is 11.8 Å². The van der Waals surface area contributed by atoms with Gasteiger partial charge in [-0.25, -0.2) is 0 Å². The van der Waals surface area contributed by atoms with Crippen LogP contribution in [0.3, 0.4) is 0 Å². The van der Waals surface area contributed by atoms with E-state index in [0.717, 1.165) is 35.1 Å². The summed E-state index contributed by atoms with van der Waals surface area (Å²) >= 11 is 0. The summed E-state index contributed by atoms with van der Waals surface area (Å²) in [6.07, 6.45) is 4.66. The number of carbonyl (C=O) groups excluding carboxylic acids is 2. The van der Waals surface area contributed by atoms with Gasteiger partial charge < -0.3 is 19.9 Å². The average molecular weight is 405 g/mol. The number of likely N-dealkylation sites (tertiary alicyclic amines) is 1. The number of H-pyrrole nitrogens is 1. The standard InChI is InChI=1S/C24H27N3O3/c1-3-16-6-4-7-20-17(15-25-23(16)20)14-22(28)27-13-5-8-21(27)24(29)26-18-9-11-19(30-2)12-10-18/h4,6-7,9-12,15,21,25H,3,5,8,13-14H2,1-2H3,(H,26,29). The van der Waals surface area contributed by atoms with Gasteiger partial charge in [-0.3, -0.25) is 9.59 Å². The number of rotatable bonds is 6. The summed E-state index contributed by atoms with van der Waals surface area (Å²) in [4.78, 5) is 31.0. The van der Waals surface area contributed by atoms with Crippen LogP contribution in [0.25, 0.3) is 10.9 Å². The zero-order valence-electron chi connectivity index (χ0n) is 17.4. The molecule has 1 aliphatic heterocycles. The maximum Gasteiger partial charge on any atom is 0.247 e. The molecule has 0 saturated carbocycles. The molecule has 2 aromatic carbocycles. The molecule has 0 radical (unpaired) electrons. The zero-order chi connectivity index (χ0) is 21.1. The molecular weight excluding hydrogens is 378 g/mol. The number of amides is 2. The Morgan fingerprint density at radius 1 is 1.17 bits per heavy atom. The number of benzene rings is 2. The van der Waals surface area contributed by atoms with Crippen molar-refractivity contribution >= 4 is 28.4 Å². The molecule has 2 amide bonds. The van der Waals surface area contributed by atoms with Crippen molar-refractivity contribution in [3.63, 3.8) is 0 Å². The second kappa shape index (κ2) is 8.61. The second-order valence-corrected chi connectivity index (χ2v) is 7.65. The number of aromatic amines is 1. The smallest absolute Gasteiger partial charge is 0.247 e. The molecule has 4 rings (SSSR count). The molecule has 0 bridgehead atoms. The lowest BCUT2D eigenvalue weighted by Gasteiger charge is -2.24. The SMILES string of the molecule is CCc1cccc2c(CC(=O)N3CCCC3C(=O)Nc3ccc(OC)cc3)c[nH]c12. The van der Waals surface area contributed by atoms with E-state index in [0.29, 0.717) is 25.1 Å². The van der Waals surface area contributed by atoms with Gasteiger partial charge >= 0.3 is 0 Å². The molecule has 2 N–H and O–H groups in total. The molecule has 1 saturated heterocycles. The highest BCUT2D eigenvalue weighted by Crippen LogP contribution is 2.25. The van der Waals surface area contributed by atoms with Crippen molar-refractivity contribution in [1.82, 2.24) is 9.88 Å². The molecule has 1 atom stereocenters. The van der Waals surface area contributed by atoms with E-state index in [1.54, 1.807) is 36.3 Å². The molecule has 2 heterocycles. The molecule has 156 valence electrons. The average Bonchev–Trinajstić information content (AvgIpc) is 3.42. The highest BCUT2D eigenvalue weighted by atomic mass is 16.5. The Morgan fingerprint density at radius 2 is 1.97 bits per heavy atom. The van der Waals surface area contributed by atoms with Crippen LogP contribution in [0.15, 0.2) is 48.7 Å². The predicted octanol–water partition coefficient (Wildman–Crippen LogP) is 3.91. The molecule has 0 spiro atoms. The number of ether oxygens (including phenoxy) is 1. The lowest BCUT2D eigenvalue weighted by molar-refractivity contribution is -0.136. The van der Waals surface area contributed by atoms with Crippen LogP contribution in [0.5, 0.6) is 5.75 Å². The molecule has 3 aromatic rings. The van der Waals surface area contributed by atoms with Crippen LogP contribution in [0.4, 0.5) is 5.69 Å². The molecule has 1 unspecified atom stereocenters. The first-order valence-electron chi connectivity index (χ1n) is 10.4. The van der Waals surface area contributed by atoms with Gasteiger partial charge in [-0.2, -0.15) is 0 Å². The second-order valence-electron chi connectivity index (χ2n) is 7.65. The van der Waals surface area contributed by atoms with E-state index in [2.05, 4.69) is 23.3 Å². The summed E-state index contributed by atoms with van der Waals surface area (Å²) in [6, 6.07) is 12.9. The third kappa shape index (κ3) is 3.90. The van der Waals surface area contributed by atoms with E-state index < -0.39 is 6.04 Å². The Kier molecular flexibility index (Phi) is 5.74. The number of methoxy groups -OCH3 is 1. The molecule has 0 aliphatic carbocycles. The lowest BCUT2D eigenvalue weighted by atomic mass is 10.0. The van der Waals surface area contributed by atoms with Crippen molar-refractivity contribution in [2.24, 2.45) is 0 Å². The third-order valence-electron chi connectivity index (χ3n) is 5.84. The van der Waals surface area contributed by atoms with Gasteiger partial charge in [-0.15, -0.1) is 0 Å². The number of aryl methyl sites for hydroxylation is 1. The van der Waals surface area contributed by atoms with Crippen LogP contribution in [-0.2, 0) is 22.4 Å². The molecule has 6 nitrogen and oxygen atoms in total. The van der Waals surface area contributed by atoms with E-state index in [9.17, 15) is 9.59 Å². The van der Waals surface area contributed by atoms with Gasteiger partial charge in [-0.05, 0) is 54.7 Å².